The number of allylic oxidation sites excluding steroid dienone is 1. The Labute approximate surface area is 188 Å². The summed E-state index contributed by atoms with van der Waals surface area (Å²) in [7, 11) is 0. The molecule has 0 unspecified atom stereocenters. The van der Waals surface area contributed by atoms with Gasteiger partial charge in [0.05, 0.1) is 5.16 Å². The fourth-order valence-corrected chi connectivity index (χ4v) is 3.80. The van der Waals surface area contributed by atoms with E-state index in [9.17, 15) is 8.78 Å². The van der Waals surface area contributed by atoms with Crippen molar-refractivity contribution in [2.45, 2.75) is 38.5 Å². The molecule has 1 aliphatic rings. The summed E-state index contributed by atoms with van der Waals surface area (Å²) in [5.41, 5.74) is 1.47. The Kier molecular flexibility index (Phi) is 8.31. The summed E-state index contributed by atoms with van der Waals surface area (Å²) in [6.45, 7) is 3.80. The molecule has 1 saturated carbocycles. The quantitative estimate of drug-likeness (QED) is 0.215. The van der Waals surface area contributed by atoms with Crippen LogP contribution in [0.2, 0.25) is 0 Å². The molecule has 2 aromatic carbocycles. The fourth-order valence-electron chi connectivity index (χ4n) is 3.71. The zero-order valence-corrected chi connectivity index (χ0v) is 18.1. The first-order valence-electron chi connectivity index (χ1n) is 10.4. The van der Waals surface area contributed by atoms with Gasteiger partial charge in [-0.05, 0) is 93.1 Å². The van der Waals surface area contributed by atoms with E-state index in [1.54, 1.807) is 0 Å². The van der Waals surface area contributed by atoms with E-state index in [0.29, 0.717) is 5.92 Å². The first-order valence-corrected chi connectivity index (χ1v) is 10.8. The molecule has 3 rings (SSSR count). The summed E-state index contributed by atoms with van der Waals surface area (Å²) in [6.07, 6.45) is 9.19. The molecule has 1 aliphatic carbocycles. The van der Waals surface area contributed by atoms with Crippen molar-refractivity contribution in [2.24, 2.45) is 16.8 Å². The summed E-state index contributed by atoms with van der Waals surface area (Å²) in [5.74, 6) is 12.0. The predicted octanol–water partition coefficient (Wildman–Crippen LogP) is 7.22. The van der Waals surface area contributed by atoms with E-state index >= 15 is 0 Å². The normalized spacial score (nSPS) is 17.4. The molecule has 1 fully saturated rings. The number of nitrogens with zero attached hydrogens (tertiary/aromatic N) is 1. The molecule has 0 radical (unpaired) electrons. The van der Waals surface area contributed by atoms with Gasteiger partial charge in [0.2, 0.25) is 0 Å². The zero-order valence-electron chi connectivity index (χ0n) is 17.3. The minimum absolute atomic E-state index is 0.228. The average Bonchev–Trinajstić information content (AvgIpc) is 2.78. The van der Waals surface area contributed by atoms with Crippen LogP contribution >= 0.6 is 12.2 Å². The lowest BCUT2D eigenvalue weighted by Crippen LogP contribution is -2.13. The number of hydrogen-bond acceptors (Lipinski definition) is 2. The number of hydrogen-bond donors (Lipinski definition) is 0. The van der Waals surface area contributed by atoms with E-state index in [1.807, 2.05) is 35.5 Å². The van der Waals surface area contributed by atoms with Gasteiger partial charge in [0.1, 0.15) is 5.69 Å². The van der Waals surface area contributed by atoms with Crippen LogP contribution < -0.4 is 0 Å². The smallest absolute Gasteiger partial charge is 0.153 e. The number of benzene rings is 2. The van der Waals surface area contributed by atoms with E-state index < -0.39 is 17.3 Å². The Hall–Kier alpha value is -3.04. The molecule has 0 N–H and O–H groups in total. The molecule has 2 aromatic rings. The van der Waals surface area contributed by atoms with Crippen molar-refractivity contribution in [3.8, 4) is 23.7 Å². The third-order valence-corrected chi connectivity index (χ3v) is 5.55. The van der Waals surface area contributed by atoms with Crippen molar-refractivity contribution < 1.29 is 8.78 Å². The number of thiocarbonyl (C=S) groups is 1. The maximum Gasteiger partial charge on any atom is 0.153 e. The van der Waals surface area contributed by atoms with Gasteiger partial charge in [-0.2, -0.15) is 4.99 Å². The fraction of sp³-hybridized carbons (Fsp3) is 0.296. The molecule has 31 heavy (non-hydrogen) atoms. The molecule has 0 aromatic heterocycles. The monoisotopic (exact) mass is 431 g/mol. The molecular weight excluding hydrogens is 408 g/mol. The zero-order chi connectivity index (χ0) is 22.1. The van der Waals surface area contributed by atoms with Crippen LogP contribution in [0, 0.1) is 47.2 Å². The van der Waals surface area contributed by atoms with Crippen LogP contribution in [0.25, 0.3) is 0 Å². The van der Waals surface area contributed by atoms with Crippen molar-refractivity contribution in [1.29, 1.82) is 0 Å². The van der Waals surface area contributed by atoms with E-state index in [2.05, 4.69) is 47.5 Å². The Balaban J connectivity index is 1.61. The molecule has 0 atom stereocenters. The van der Waals surface area contributed by atoms with Crippen molar-refractivity contribution in [3.05, 3.63) is 77.4 Å². The first-order chi connectivity index (χ1) is 15.1. The molecule has 0 heterocycles. The second-order valence-corrected chi connectivity index (χ2v) is 7.85. The minimum atomic E-state index is -0.818. The molecular formula is C27H23F2NS. The van der Waals surface area contributed by atoms with Crippen molar-refractivity contribution in [2.75, 3.05) is 0 Å². The lowest BCUT2D eigenvalue weighted by molar-refractivity contribution is 0.303. The van der Waals surface area contributed by atoms with Crippen LogP contribution in [0.3, 0.4) is 0 Å². The predicted molar refractivity (Wildman–Crippen MR) is 125 cm³/mol. The molecule has 0 amide bonds. The van der Waals surface area contributed by atoms with E-state index in [-0.39, 0.29) is 5.56 Å². The topological polar surface area (TPSA) is 12.4 Å². The lowest BCUT2D eigenvalue weighted by atomic mass is 9.80. The Bertz CT molecular complexity index is 1070. The third-order valence-electron chi connectivity index (χ3n) is 5.46. The molecule has 0 spiro atoms. The summed E-state index contributed by atoms with van der Waals surface area (Å²) in [5, 5.41) is 1.97. The SMILES string of the molecule is C=CCCC1CCC(C#Cc2ccc(C#Cc3cc(F)c(N=C=S)c(F)c3)cc2)CC1. The van der Waals surface area contributed by atoms with Crippen LogP contribution in [-0.2, 0) is 0 Å². The van der Waals surface area contributed by atoms with Crippen LogP contribution in [0.5, 0.6) is 0 Å². The molecule has 0 aliphatic heterocycles. The molecule has 0 saturated heterocycles. The Morgan fingerprint density at radius 3 is 2.10 bits per heavy atom. The van der Waals surface area contributed by atoms with Crippen molar-refractivity contribution >= 4 is 23.1 Å². The average molecular weight is 432 g/mol. The summed E-state index contributed by atoms with van der Waals surface area (Å²) in [6, 6.07) is 9.83. The maximum atomic E-state index is 13.9. The van der Waals surface area contributed by atoms with Gasteiger partial charge in [0.15, 0.2) is 11.6 Å². The number of isothiocyanates is 1. The van der Waals surface area contributed by atoms with Gasteiger partial charge < -0.3 is 0 Å². The van der Waals surface area contributed by atoms with Gasteiger partial charge >= 0.3 is 0 Å². The maximum absolute atomic E-state index is 13.9. The minimum Gasteiger partial charge on any atom is -0.204 e. The molecule has 4 heteroatoms. The van der Waals surface area contributed by atoms with Gasteiger partial charge in [0, 0.05) is 22.6 Å². The summed E-state index contributed by atoms with van der Waals surface area (Å²) >= 11 is 4.40. The van der Waals surface area contributed by atoms with Crippen LogP contribution in [0.4, 0.5) is 14.5 Å². The number of rotatable bonds is 4. The van der Waals surface area contributed by atoms with Crippen molar-refractivity contribution in [3.63, 3.8) is 0 Å². The summed E-state index contributed by atoms with van der Waals surface area (Å²) < 4.78 is 27.8. The highest BCUT2D eigenvalue weighted by atomic mass is 32.1. The number of halogens is 2. The van der Waals surface area contributed by atoms with Crippen LogP contribution in [-0.4, -0.2) is 5.16 Å². The largest absolute Gasteiger partial charge is 0.204 e. The molecule has 0 bridgehead atoms. The van der Waals surface area contributed by atoms with Crippen LogP contribution in [0.15, 0.2) is 54.0 Å². The Morgan fingerprint density at radius 1 is 0.935 bits per heavy atom. The highest BCUT2D eigenvalue weighted by Gasteiger charge is 2.19. The lowest BCUT2D eigenvalue weighted by Gasteiger charge is -2.25. The van der Waals surface area contributed by atoms with E-state index in [0.717, 1.165) is 35.6 Å². The van der Waals surface area contributed by atoms with Gasteiger partial charge in [-0.25, -0.2) is 8.78 Å². The van der Waals surface area contributed by atoms with Gasteiger partial charge in [-0.15, -0.1) is 6.58 Å². The first kappa shape index (κ1) is 22.6. The molecule has 1 nitrogen and oxygen atoms in total. The Morgan fingerprint density at radius 2 is 1.52 bits per heavy atom. The van der Waals surface area contributed by atoms with Crippen molar-refractivity contribution in [1.82, 2.24) is 0 Å². The van der Waals surface area contributed by atoms with Crippen LogP contribution in [0.1, 0.15) is 55.2 Å². The highest BCUT2D eigenvalue weighted by molar-refractivity contribution is 7.78. The van der Waals surface area contributed by atoms with E-state index in [1.165, 1.54) is 32.1 Å². The summed E-state index contributed by atoms with van der Waals surface area (Å²) in [4.78, 5) is 3.39. The second-order valence-electron chi connectivity index (χ2n) is 7.67. The van der Waals surface area contributed by atoms with Gasteiger partial charge in [-0.1, -0.05) is 29.8 Å². The highest BCUT2D eigenvalue weighted by Crippen LogP contribution is 2.31. The second kappa shape index (κ2) is 11.4. The third kappa shape index (κ3) is 6.73. The van der Waals surface area contributed by atoms with E-state index in [4.69, 9.17) is 0 Å². The molecule has 156 valence electrons. The standard InChI is InChI=1S/C27H23F2NS/c1-2-3-4-20-5-7-21(8-6-20)9-10-22-11-13-23(14-12-22)15-16-24-17-25(28)27(30-19-31)26(29)18-24/h2,11-14,17-18,20-21H,1,3-8H2. The van der Waals surface area contributed by atoms with Gasteiger partial charge in [0.25, 0.3) is 0 Å². The van der Waals surface area contributed by atoms with Gasteiger partial charge in [-0.3, -0.25) is 0 Å². The number of aliphatic imine (C=N–C) groups is 1.